The van der Waals surface area contributed by atoms with Crippen LogP contribution < -0.4 is 14.4 Å². The lowest BCUT2D eigenvalue weighted by atomic mass is 9.94. The number of hydrogen-bond acceptors (Lipinski definition) is 5. The number of anilines is 1. The number of ketones is 1. The molecular weight excluding hydrogens is 484 g/mol. The third-order valence-electron chi connectivity index (χ3n) is 5.43. The van der Waals surface area contributed by atoms with Crippen LogP contribution in [-0.4, -0.2) is 31.0 Å². The molecule has 1 aliphatic rings. The van der Waals surface area contributed by atoms with Gasteiger partial charge in [-0.2, -0.15) is 0 Å². The Hall–Kier alpha value is -3.55. The van der Waals surface area contributed by atoms with Gasteiger partial charge in [-0.25, -0.2) is 4.39 Å². The van der Waals surface area contributed by atoms with Crippen LogP contribution in [0.25, 0.3) is 5.76 Å². The van der Waals surface area contributed by atoms with Crippen molar-refractivity contribution in [3.63, 3.8) is 0 Å². The maximum Gasteiger partial charge on any atom is 0.300 e. The van der Waals surface area contributed by atoms with E-state index in [4.69, 9.17) is 32.7 Å². The fraction of sp³-hybridized carbons (Fsp3) is 0.120. The van der Waals surface area contributed by atoms with Crippen LogP contribution in [0.3, 0.4) is 0 Å². The highest BCUT2D eigenvalue weighted by Gasteiger charge is 2.48. The molecule has 174 valence electrons. The summed E-state index contributed by atoms with van der Waals surface area (Å²) in [4.78, 5) is 27.6. The first kappa shape index (κ1) is 23.6. The van der Waals surface area contributed by atoms with E-state index in [-0.39, 0.29) is 32.6 Å². The van der Waals surface area contributed by atoms with Crippen molar-refractivity contribution in [2.45, 2.75) is 6.04 Å². The minimum atomic E-state index is -1.14. The van der Waals surface area contributed by atoms with Gasteiger partial charge in [-0.15, -0.1) is 0 Å². The van der Waals surface area contributed by atoms with E-state index in [1.807, 2.05) is 0 Å². The van der Waals surface area contributed by atoms with E-state index >= 15 is 0 Å². The second-order valence-electron chi connectivity index (χ2n) is 7.36. The Labute approximate surface area is 204 Å². The molecular formula is C25H18Cl2FNO5. The summed E-state index contributed by atoms with van der Waals surface area (Å²) in [5, 5.41) is 11.6. The van der Waals surface area contributed by atoms with Crippen LogP contribution in [0.2, 0.25) is 10.0 Å². The second kappa shape index (κ2) is 9.37. The number of aliphatic hydroxyl groups excluding tert-OH is 1. The molecule has 0 radical (unpaired) electrons. The number of methoxy groups -OCH3 is 2. The van der Waals surface area contributed by atoms with Gasteiger partial charge >= 0.3 is 0 Å². The van der Waals surface area contributed by atoms with E-state index in [2.05, 4.69) is 0 Å². The number of ether oxygens (including phenoxy) is 2. The number of halogens is 3. The van der Waals surface area contributed by atoms with Gasteiger partial charge in [0.15, 0.2) is 0 Å². The summed E-state index contributed by atoms with van der Waals surface area (Å²) in [6.07, 6.45) is 0. The van der Waals surface area contributed by atoms with Gasteiger partial charge in [-0.05, 0) is 36.4 Å². The van der Waals surface area contributed by atoms with Crippen LogP contribution >= 0.6 is 23.2 Å². The van der Waals surface area contributed by atoms with Crippen LogP contribution in [0.5, 0.6) is 11.5 Å². The van der Waals surface area contributed by atoms with Gasteiger partial charge in [0.25, 0.3) is 11.7 Å². The number of nitrogens with zero attached hydrogens (tertiary/aromatic N) is 1. The molecule has 0 saturated carbocycles. The monoisotopic (exact) mass is 501 g/mol. The molecule has 0 spiro atoms. The Balaban J connectivity index is 2.05. The zero-order valence-corrected chi connectivity index (χ0v) is 19.5. The van der Waals surface area contributed by atoms with Crippen molar-refractivity contribution < 1.29 is 28.6 Å². The van der Waals surface area contributed by atoms with E-state index in [1.165, 1.54) is 44.6 Å². The molecule has 9 heteroatoms. The van der Waals surface area contributed by atoms with Gasteiger partial charge in [0, 0.05) is 16.3 Å². The average Bonchev–Trinajstić information content (AvgIpc) is 3.08. The molecule has 0 aromatic heterocycles. The van der Waals surface area contributed by atoms with Gasteiger partial charge in [-0.3, -0.25) is 14.5 Å². The minimum Gasteiger partial charge on any atom is -0.507 e. The maximum atomic E-state index is 14.1. The third kappa shape index (κ3) is 3.97. The molecule has 3 aromatic carbocycles. The minimum absolute atomic E-state index is 0.0251. The van der Waals surface area contributed by atoms with Gasteiger partial charge in [-0.1, -0.05) is 47.5 Å². The zero-order valence-electron chi connectivity index (χ0n) is 18.0. The maximum absolute atomic E-state index is 14.1. The van der Waals surface area contributed by atoms with E-state index in [0.717, 1.165) is 11.0 Å². The van der Waals surface area contributed by atoms with E-state index in [0.29, 0.717) is 11.3 Å². The summed E-state index contributed by atoms with van der Waals surface area (Å²) in [7, 11) is 2.78. The van der Waals surface area contributed by atoms with Gasteiger partial charge in [0.05, 0.1) is 36.4 Å². The quantitative estimate of drug-likeness (QED) is 0.272. The van der Waals surface area contributed by atoms with E-state index in [9.17, 15) is 19.1 Å². The van der Waals surface area contributed by atoms with Crippen molar-refractivity contribution in [1.82, 2.24) is 0 Å². The van der Waals surface area contributed by atoms with Crippen molar-refractivity contribution in [1.29, 1.82) is 0 Å². The molecule has 1 N–H and O–H groups in total. The van der Waals surface area contributed by atoms with Crippen LogP contribution in [0.4, 0.5) is 10.1 Å². The number of Topliss-reactive ketones (excluding diaryl/α,β-unsaturated/α-hetero) is 1. The lowest BCUT2D eigenvalue weighted by Crippen LogP contribution is -2.29. The summed E-state index contributed by atoms with van der Waals surface area (Å²) in [5.41, 5.74) is 0.308. The lowest BCUT2D eigenvalue weighted by molar-refractivity contribution is -0.132. The number of carbonyl (C=O) groups excluding carboxylic acids is 2. The topological polar surface area (TPSA) is 76.1 Å². The molecule has 1 saturated heterocycles. The third-order valence-corrected chi connectivity index (χ3v) is 5.93. The fourth-order valence-corrected chi connectivity index (χ4v) is 4.57. The molecule has 1 aliphatic heterocycles. The average molecular weight is 502 g/mol. The Morgan fingerprint density at radius 2 is 1.74 bits per heavy atom. The van der Waals surface area contributed by atoms with Crippen molar-refractivity contribution in [2.75, 3.05) is 19.1 Å². The van der Waals surface area contributed by atoms with Gasteiger partial charge in [0.2, 0.25) is 0 Å². The molecule has 1 heterocycles. The molecule has 4 rings (SSSR count). The smallest absolute Gasteiger partial charge is 0.300 e. The van der Waals surface area contributed by atoms with Gasteiger partial charge in [0.1, 0.15) is 23.1 Å². The van der Waals surface area contributed by atoms with E-state index in [1.54, 1.807) is 24.3 Å². The predicted molar refractivity (Wildman–Crippen MR) is 127 cm³/mol. The molecule has 0 aliphatic carbocycles. The van der Waals surface area contributed by atoms with Crippen molar-refractivity contribution >= 4 is 46.3 Å². The summed E-state index contributed by atoms with van der Waals surface area (Å²) in [6, 6.07) is 13.6. The standard InChI is InChI=1S/C25H18Cl2FNO5/c1-33-19-9-4-3-8-16(19)21-20(22(30)17-10-13(26)11-18(27)24(17)34-2)23(31)25(32)29(21)15-7-5-6-14(28)12-15/h3-12,21,30H,1-2H3/b22-20+. The first-order valence-electron chi connectivity index (χ1n) is 10.0. The largest absolute Gasteiger partial charge is 0.507 e. The summed E-state index contributed by atoms with van der Waals surface area (Å²) in [6.45, 7) is 0. The number of para-hydroxylation sites is 1. The number of rotatable bonds is 5. The highest BCUT2D eigenvalue weighted by atomic mass is 35.5. The van der Waals surface area contributed by atoms with Gasteiger partial charge < -0.3 is 14.6 Å². The Kier molecular flexibility index (Phi) is 6.50. The molecule has 34 heavy (non-hydrogen) atoms. The summed E-state index contributed by atoms with van der Waals surface area (Å²) >= 11 is 12.4. The summed E-state index contributed by atoms with van der Waals surface area (Å²) in [5.74, 6) is -2.64. The molecule has 3 aromatic rings. The second-order valence-corrected chi connectivity index (χ2v) is 8.20. The first-order valence-corrected chi connectivity index (χ1v) is 10.8. The number of carbonyl (C=O) groups is 2. The SMILES string of the molecule is COc1ccccc1C1/C(=C(\O)c2cc(Cl)cc(Cl)c2OC)C(=O)C(=O)N1c1cccc(F)c1. The fourth-order valence-electron chi connectivity index (χ4n) is 4.00. The highest BCUT2D eigenvalue weighted by molar-refractivity contribution is 6.52. The van der Waals surface area contributed by atoms with Crippen LogP contribution in [0.1, 0.15) is 17.2 Å². The van der Waals surface area contributed by atoms with Crippen molar-refractivity contribution in [2.24, 2.45) is 0 Å². The Morgan fingerprint density at radius 3 is 2.41 bits per heavy atom. The van der Waals surface area contributed by atoms with Crippen LogP contribution in [-0.2, 0) is 9.59 Å². The summed E-state index contributed by atoms with van der Waals surface area (Å²) < 4.78 is 24.8. The van der Waals surface area contributed by atoms with E-state index < -0.39 is 29.3 Å². The number of aliphatic hydroxyl groups is 1. The number of benzene rings is 3. The van der Waals surface area contributed by atoms with Crippen LogP contribution in [0.15, 0.2) is 66.2 Å². The number of amides is 1. The molecule has 0 bridgehead atoms. The number of hydrogen-bond donors (Lipinski definition) is 1. The molecule has 6 nitrogen and oxygen atoms in total. The van der Waals surface area contributed by atoms with Crippen LogP contribution in [0, 0.1) is 5.82 Å². The Bertz CT molecular complexity index is 1340. The Morgan fingerprint density at radius 1 is 1.00 bits per heavy atom. The first-order chi connectivity index (χ1) is 16.3. The molecule has 1 amide bonds. The zero-order chi connectivity index (χ0) is 24.6. The predicted octanol–water partition coefficient (Wildman–Crippen LogP) is 5.78. The molecule has 1 unspecified atom stereocenters. The molecule has 1 fully saturated rings. The highest BCUT2D eigenvalue weighted by Crippen LogP contribution is 2.46. The van der Waals surface area contributed by atoms with Crippen molar-refractivity contribution in [3.05, 3.63) is 93.2 Å². The normalized spacial score (nSPS) is 17.2. The lowest BCUT2D eigenvalue weighted by Gasteiger charge is -2.26. The van der Waals surface area contributed by atoms with Crippen molar-refractivity contribution in [3.8, 4) is 11.5 Å². The molecule has 1 atom stereocenters.